The summed E-state index contributed by atoms with van der Waals surface area (Å²) in [6, 6.07) is 7.58. The molecule has 0 aliphatic carbocycles. The van der Waals surface area contributed by atoms with Crippen LogP contribution < -0.4 is 31.9 Å². The van der Waals surface area contributed by atoms with Crippen molar-refractivity contribution in [3.05, 3.63) is 48.5 Å². The fourth-order valence-electron chi connectivity index (χ4n) is 3.52. The molecular weight excluding hydrogens is 416 g/mol. The number of amides is 1. The first-order valence-electron chi connectivity index (χ1n) is 9.95. The molecule has 6 nitrogen and oxygen atoms in total. The summed E-state index contributed by atoms with van der Waals surface area (Å²) in [7, 11) is 42.3. The van der Waals surface area contributed by atoms with Gasteiger partial charge in [-0.05, 0) is 22.8 Å². The van der Waals surface area contributed by atoms with Crippen LogP contribution in [0.4, 0.5) is 5.82 Å². The van der Waals surface area contributed by atoms with E-state index in [4.69, 9.17) is 59.7 Å². The average Bonchev–Trinajstić information content (AvgIpc) is 3.20. The van der Waals surface area contributed by atoms with E-state index >= 15 is 0 Å². The van der Waals surface area contributed by atoms with Crippen LogP contribution in [0.1, 0.15) is 10.4 Å². The van der Waals surface area contributed by atoms with E-state index in [1.807, 2.05) is 29.8 Å². The Morgan fingerprint density at radius 3 is 2.24 bits per heavy atom. The molecule has 0 bridgehead atoms. The van der Waals surface area contributed by atoms with Gasteiger partial charge in [0.05, 0.1) is 18.2 Å². The lowest BCUT2D eigenvalue weighted by molar-refractivity contribution is 0.102. The van der Waals surface area contributed by atoms with Gasteiger partial charge in [-0.1, -0.05) is 34.0 Å². The smallest absolute Gasteiger partial charge is 0.255 e. The third-order valence-corrected chi connectivity index (χ3v) is 5.19. The number of pyridine rings is 1. The van der Waals surface area contributed by atoms with Gasteiger partial charge in [-0.3, -0.25) is 4.79 Å². The molecule has 34 heavy (non-hydrogen) atoms. The highest BCUT2D eigenvalue weighted by Gasteiger charge is 2.22. The zero-order valence-corrected chi connectivity index (χ0v) is 18.2. The van der Waals surface area contributed by atoms with Crippen molar-refractivity contribution in [1.29, 1.82) is 0 Å². The minimum absolute atomic E-state index is 0.149. The number of nitrogens with one attached hydrogen (secondary N) is 1. The number of ether oxygens (including phenoxy) is 1. The molecule has 1 N–H and O–H groups in total. The highest BCUT2D eigenvalue weighted by molar-refractivity contribution is 6.62. The van der Waals surface area contributed by atoms with Gasteiger partial charge >= 0.3 is 0 Å². The topological polar surface area (TPSA) is 69.0 Å². The van der Waals surface area contributed by atoms with Crippen molar-refractivity contribution in [2.24, 2.45) is 7.05 Å². The molecule has 2 aromatic heterocycles. The van der Waals surface area contributed by atoms with Gasteiger partial charge in [0.15, 0.2) is 0 Å². The number of aromatic nitrogens is 3. The highest BCUT2D eigenvalue weighted by atomic mass is 16.5. The number of hydrogen-bond acceptors (Lipinski definition) is 4. The van der Waals surface area contributed by atoms with Crippen LogP contribution in [0.5, 0.6) is 5.75 Å². The van der Waals surface area contributed by atoms with Crippen molar-refractivity contribution in [2.75, 3.05) is 5.32 Å². The maximum atomic E-state index is 13.0. The summed E-state index contributed by atoms with van der Waals surface area (Å²) in [5.74, 6) is -0.625. The largest absolute Gasteiger partial charge is 0.517 e. The molecule has 1 amide bonds. The van der Waals surface area contributed by atoms with E-state index in [0.717, 1.165) is 22.0 Å². The molecule has 148 valence electrons. The number of carbonyl (C=O) groups is 1. The Bertz CT molecular complexity index is 1400. The summed E-state index contributed by atoms with van der Waals surface area (Å²) in [6.45, 7) is 0. The lowest BCUT2D eigenvalue weighted by atomic mass is 9.52. The first-order valence-corrected chi connectivity index (χ1v) is 9.95. The van der Waals surface area contributed by atoms with Gasteiger partial charge in [0.2, 0.25) is 0 Å². The van der Waals surface area contributed by atoms with Crippen LogP contribution in [0.25, 0.3) is 22.0 Å². The zero-order chi connectivity index (χ0) is 24.8. The summed E-state index contributed by atoms with van der Waals surface area (Å²) < 4.78 is 7.06. The van der Waals surface area contributed by atoms with E-state index < -0.39 is 11.2 Å². The molecule has 0 fully saturated rings. The SMILES string of the molecule is [B]c1c([B])c(C(=O)Nc2cc3cc(-c4cncn4C)ccc3cn2)c([B])c([B])c1OC([B])([B])[B]. The van der Waals surface area contributed by atoms with Crippen LogP contribution in [0.3, 0.4) is 0 Å². The predicted octanol–water partition coefficient (Wildman–Crippen LogP) is -2.44. The highest BCUT2D eigenvalue weighted by Crippen LogP contribution is 2.25. The number of imidazole rings is 1. The van der Waals surface area contributed by atoms with Crippen LogP contribution in [0, 0.1) is 0 Å². The van der Waals surface area contributed by atoms with Crippen LogP contribution >= 0.6 is 0 Å². The zero-order valence-electron chi connectivity index (χ0n) is 18.2. The van der Waals surface area contributed by atoms with E-state index in [1.54, 1.807) is 24.8 Å². The normalized spacial score (nSPS) is 11.4. The number of rotatable bonds is 5. The molecule has 0 spiro atoms. The maximum Gasteiger partial charge on any atom is 0.255 e. The first kappa shape index (κ1) is 23.9. The molecule has 0 saturated carbocycles. The molecule has 0 aliphatic heterocycles. The Kier molecular flexibility index (Phi) is 6.23. The van der Waals surface area contributed by atoms with Crippen LogP contribution in [0.2, 0.25) is 0 Å². The fourth-order valence-corrected chi connectivity index (χ4v) is 3.52. The number of fused-ring (bicyclic) bond motifs is 1. The van der Waals surface area contributed by atoms with Crippen molar-refractivity contribution < 1.29 is 9.53 Å². The molecule has 2 aromatic carbocycles. The monoisotopic (exact) mass is 428 g/mol. The quantitative estimate of drug-likeness (QED) is 0.360. The molecule has 0 unspecified atom stereocenters. The van der Waals surface area contributed by atoms with Gasteiger partial charge in [-0.2, -0.15) is 0 Å². The molecule has 0 atom stereocenters. The summed E-state index contributed by atoms with van der Waals surface area (Å²) in [6.07, 6.45) is 5.12. The molecule has 14 radical (unpaired) electrons. The second-order valence-corrected chi connectivity index (χ2v) is 7.79. The van der Waals surface area contributed by atoms with E-state index in [9.17, 15) is 4.79 Å². The van der Waals surface area contributed by atoms with Crippen molar-refractivity contribution in [3.63, 3.8) is 0 Å². The van der Waals surface area contributed by atoms with Gasteiger partial charge in [0.1, 0.15) is 66.5 Å². The van der Waals surface area contributed by atoms with Gasteiger partial charge in [-0.15, -0.1) is 0 Å². The number of benzene rings is 2. The van der Waals surface area contributed by atoms with E-state index in [1.165, 1.54) is 0 Å². The lowest BCUT2D eigenvalue weighted by Gasteiger charge is -2.29. The third kappa shape index (κ3) is 4.56. The molecular formula is C21H11B7N4O2. The van der Waals surface area contributed by atoms with Crippen LogP contribution in [0.15, 0.2) is 43.0 Å². The molecule has 4 rings (SSSR count). The fraction of sp³-hybridized carbons (Fsp3) is 0.0952. The summed E-state index contributed by atoms with van der Waals surface area (Å²) in [4.78, 5) is 21.5. The second kappa shape index (κ2) is 8.86. The molecule has 4 aromatic rings. The predicted molar refractivity (Wildman–Crippen MR) is 141 cm³/mol. The second-order valence-electron chi connectivity index (χ2n) is 7.79. The van der Waals surface area contributed by atoms with Crippen molar-refractivity contribution in [2.45, 2.75) is 5.30 Å². The summed E-state index contributed by atoms with van der Waals surface area (Å²) in [5, 5.41) is 2.30. The van der Waals surface area contributed by atoms with Gasteiger partial charge in [-0.25, -0.2) is 9.97 Å². The van der Waals surface area contributed by atoms with E-state index in [2.05, 4.69) is 15.3 Å². The average molecular weight is 427 g/mol. The Labute approximate surface area is 206 Å². The van der Waals surface area contributed by atoms with E-state index in [0.29, 0.717) is 0 Å². The number of aryl methyl sites for hydroxylation is 1. The van der Waals surface area contributed by atoms with Gasteiger partial charge in [0, 0.05) is 29.8 Å². The summed E-state index contributed by atoms with van der Waals surface area (Å²) in [5.41, 5.74) is 1.02. The number of carbonyl (C=O) groups excluding carboxylic acids is 1. The van der Waals surface area contributed by atoms with Gasteiger partial charge in [0.25, 0.3) is 5.91 Å². The minimum Gasteiger partial charge on any atom is -0.517 e. The van der Waals surface area contributed by atoms with Crippen molar-refractivity contribution >= 4 is 99.3 Å². The maximum absolute atomic E-state index is 13.0. The number of hydrogen-bond donors (Lipinski definition) is 1. The lowest BCUT2D eigenvalue weighted by Crippen LogP contribution is -2.51. The Morgan fingerprint density at radius 2 is 1.65 bits per heavy atom. The molecule has 0 aliphatic rings. The number of nitrogens with zero attached hydrogens (tertiary/aromatic N) is 3. The first-order chi connectivity index (χ1) is 16.0. The number of anilines is 1. The van der Waals surface area contributed by atoms with E-state index in [-0.39, 0.29) is 39.0 Å². The Hall–Kier alpha value is -3.22. The Balaban J connectivity index is 1.68. The standard InChI is InChI=1S/C21H11B7N4O2/c1-32-8-29-7-12(32)9-2-3-10-6-30-13(5-11(10)4-9)31-20(33)14-15(22)17(24)19(18(25)16(14)23)34-21(26,27)28/h2-8H,1H3,(H,30,31,33). The van der Waals surface area contributed by atoms with Gasteiger partial charge < -0.3 is 14.6 Å². The van der Waals surface area contributed by atoms with Crippen LogP contribution in [-0.4, -0.2) is 80.7 Å². The molecule has 2 heterocycles. The minimum atomic E-state index is -2.09. The van der Waals surface area contributed by atoms with Crippen molar-refractivity contribution in [3.8, 4) is 17.0 Å². The molecule has 13 heteroatoms. The Morgan fingerprint density at radius 1 is 0.971 bits per heavy atom. The third-order valence-electron chi connectivity index (χ3n) is 5.19. The summed E-state index contributed by atoms with van der Waals surface area (Å²) >= 11 is 0. The molecule has 0 saturated heterocycles. The van der Waals surface area contributed by atoms with Crippen LogP contribution in [-0.2, 0) is 7.05 Å². The van der Waals surface area contributed by atoms with Crippen molar-refractivity contribution in [1.82, 2.24) is 14.5 Å².